The first-order chi connectivity index (χ1) is 5.04. The molecule has 0 aliphatic carbocycles. The molecule has 0 aromatic rings. The molecule has 0 radical (unpaired) electrons. The van der Waals surface area contributed by atoms with Crippen molar-refractivity contribution in [1.29, 1.82) is 0 Å². The standard InChI is InChI=1S/C8H15NO2.ClH.2H3N/c1-7(8(10)11)5-4-6-9(2)3;;;/h5H,4,6H2,1-3H3,(H,10,11);1H;2*1H3. The van der Waals surface area contributed by atoms with Crippen LogP contribution in [0.3, 0.4) is 0 Å². The van der Waals surface area contributed by atoms with Crippen LogP contribution < -0.4 is 12.3 Å². The van der Waals surface area contributed by atoms with E-state index in [4.69, 9.17) is 5.11 Å². The molecule has 0 unspecified atom stereocenters. The molecule has 0 aromatic carbocycles. The maximum atomic E-state index is 10.3. The van der Waals surface area contributed by atoms with Crippen LogP contribution in [0.2, 0.25) is 0 Å². The highest BCUT2D eigenvalue weighted by molar-refractivity contribution is 5.85. The van der Waals surface area contributed by atoms with Crippen molar-refractivity contribution in [2.75, 3.05) is 20.6 Å². The first-order valence-corrected chi connectivity index (χ1v) is 3.59. The lowest BCUT2D eigenvalue weighted by Gasteiger charge is -2.05. The van der Waals surface area contributed by atoms with E-state index >= 15 is 0 Å². The Morgan fingerprint density at radius 3 is 2.07 bits per heavy atom. The van der Waals surface area contributed by atoms with Crippen molar-refractivity contribution in [1.82, 2.24) is 17.2 Å². The molecule has 0 atom stereocenters. The summed E-state index contributed by atoms with van der Waals surface area (Å²) in [4.78, 5) is 12.3. The SMILES string of the molecule is CC(=CCCN(C)C)C(=O)O.Cl.N.N. The first kappa shape index (κ1) is 23.3. The van der Waals surface area contributed by atoms with Crippen molar-refractivity contribution >= 4 is 18.4 Å². The van der Waals surface area contributed by atoms with E-state index in [0.717, 1.165) is 13.0 Å². The zero-order valence-corrected chi connectivity index (χ0v) is 9.93. The number of carboxylic acid groups (broad SMARTS) is 1. The lowest BCUT2D eigenvalue weighted by molar-refractivity contribution is -0.132. The average Bonchev–Trinajstić information content (AvgIpc) is 1.86. The Labute approximate surface area is 91.7 Å². The van der Waals surface area contributed by atoms with E-state index in [-0.39, 0.29) is 24.7 Å². The van der Waals surface area contributed by atoms with Crippen LogP contribution in [-0.4, -0.2) is 36.6 Å². The summed E-state index contributed by atoms with van der Waals surface area (Å²) in [5.41, 5.74) is 0.423. The van der Waals surface area contributed by atoms with Gasteiger partial charge in [-0.25, -0.2) is 4.79 Å². The summed E-state index contributed by atoms with van der Waals surface area (Å²) in [6.45, 7) is 2.50. The molecule has 0 aromatic heterocycles. The number of aliphatic carboxylic acids is 1. The van der Waals surface area contributed by atoms with Crippen molar-refractivity contribution in [2.24, 2.45) is 0 Å². The van der Waals surface area contributed by atoms with E-state index in [1.54, 1.807) is 13.0 Å². The summed E-state index contributed by atoms with van der Waals surface area (Å²) in [6, 6.07) is 0. The third-order valence-corrected chi connectivity index (χ3v) is 1.36. The second-order valence-electron chi connectivity index (χ2n) is 2.78. The number of carboxylic acids is 1. The van der Waals surface area contributed by atoms with Gasteiger partial charge in [0.15, 0.2) is 0 Å². The summed E-state index contributed by atoms with van der Waals surface area (Å²) >= 11 is 0. The smallest absolute Gasteiger partial charge is 0.330 e. The number of carbonyl (C=O) groups is 1. The molecule has 6 heteroatoms. The van der Waals surface area contributed by atoms with Gasteiger partial charge in [0.1, 0.15) is 0 Å². The Kier molecular flexibility index (Phi) is 20.6. The molecule has 0 bridgehead atoms. The van der Waals surface area contributed by atoms with Gasteiger partial charge in [-0.05, 0) is 27.4 Å². The quantitative estimate of drug-likeness (QED) is 0.634. The van der Waals surface area contributed by atoms with Gasteiger partial charge >= 0.3 is 5.97 Å². The molecule has 0 heterocycles. The van der Waals surface area contributed by atoms with Gasteiger partial charge in [-0.2, -0.15) is 0 Å². The first-order valence-electron chi connectivity index (χ1n) is 3.59. The fourth-order valence-electron chi connectivity index (χ4n) is 0.627. The third-order valence-electron chi connectivity index (χ3n) is 1.36. The van der Waals surface area contributed by atoms with Gasteiger partial charge in [0.25, 0.3) is 0 Å². The van der Waals surface area contributed by atoms with E-state index in [1.165, 1.54) is 0 Å². The molecule has 0 amide bonds. The molecule has 88 valence electrons. The summed E-state index contributed by atoms with van der Waals surface area (Å²) in [7, 11) is 3.92. The second-order valence-corrected chi connectivity index (χ2v) is 2.78. The van der Waals surface area contributed by atoms with Crippen molar-refractivity contribution in [3.63, 3.8) is 0 Å². The van der Waals surface area contributed by atoms with Crippen molar-refractivity contribution in [3.8, 4) is 0 Å². The van der Waals surface area contributed by atoms with Crippen LogP contribution in [0.1, 0.15) is 13.3 Å². The van der Waals surface area contributed by atoms with Gasteiger partial charge in [0, 0.05) is 12.1 Å². The molecule has 0 aliphatic rings. The zero-order valence-electron chi connectivity index (χ0n) is 9.12. The van der Waals surface area contributed by atoms with Gasteiger partial charge in [0.2, 0.25) is 0 Å². The highest BCUT2D eigenvalue weighted by Gasteiger charge is 1.97. The molecule has 0 saturated carbocycles. The predicted octanol–water partition coefficient (Wildman–Crippen LogP) is 1.71. The number of halogens is 1. The minimum absolute atomic E-state index is 0. The summed E-state index contributed by atoms with van der Waals surface area (Å²) < 4.78 is 0. The summed E-state index contributed by atoms with van der Waals surface area (Å²) in [5, 5.41) is 8.47. The molecule has 0 fully saturated rings. The Morgan fingerprint density at radius 1 is 1.36 bits per heavy atom. The molecule has 0 saturated heterocycles. The van der Waals surface area contributed by atoms with Crippen molar-refractivity contribution in [3.05, 3.63) is 11.6 Å². The molecule has 14 heavy (non-hydrogen) atoms. The van der Waals surface area contributed by atoms with Gasteiger partial charge in [-0.15, -0.1) is 12.4 Å². The lowest BCUT2D eigenvalue weighted by Crippen LogP contribution is -2.12. The van der Waals surface area contributed by atoms with Gasteiger partial charge in [-0.3, -0.25) is 0 Å². The number of rotatable bonds is 4. The van der Waals surface area contributed by atoms with Gasteiger partial charge < -0.3 is 22.3 Å². The fourth-order valence-corrected chi connectivity index (χ4v) is 0.627. The largest absolute Gasteiger partial charge is 0.478 e. The Balaban J connectivity index is -0.000000167. The van der Waals surface area contributed by atoms with Gasteiger partial charge in [-0.1, -0.05) is 6.08 Å². The molecule has 0 aliphatic heterocycles. The zero-order chi connectivity index (χ0) is 8.85. The van der Waals surface area contributed by atoms with Crippen LogP contribution in [0.5, 0.6) is 0 Å². The monoisotopic (exact) mass is 227 g/mol. The molecule has 0 rings (SSSR count). The van der Waals surface area contributed by atoms with E-state index in [9.17, 15) is 4.79 Å². The minimum Gasteiger partial charge on any atom is -0.478 e. The number of nitrogens with zero attached hydrogens (tertiary/aromatic N) is 1. The molecule has 7 N–H and O–H groups in total. The highest BCUT2D eigenvalue weighted by Crippen LogP contribution is 1.95. The lowest BCUT2D eigenvalue weighted by atomic mass is 10.2. The molecule has 5 nitrogen and oxygen atoms in total. The maximum absolute atomic E-state index is 10.3. The van der Waals surface area contributed by atoms with Crippen LogP contribution in [0.25, 0.3) is 0 Å². The molecule has 0 spiro atoms. The van der Waals surface area contributed by atoms with Crippen LogP contribution in [0.15, 0.2) is 11.6 Å². The summed E-state index contributed by atoms with van der Waals surface area (Å²) in [5.74, 6) is -0.830. The van der Waals surface area contributed by atoms with E-state index < -0.39 is 5.97 Å². The Hall–Kier alpha value is -0.620. The molecular formula is C8H22ClN3O2. The summed E-state index contributed by atoms with van der Waals surface area (Å²) in [6.07, 6.45) is 2.54. The highest BCUT2D eigenvalue weighted by atomic mass is 35.5. The minimum atomic E-state index is -0.830. The van der Waals surface area contributed by atoms with Crippen molar-refractivity contribution in [2.45, 2.75) is 13.3 Å². The van der Waals surface area contributed by atoms with Crippen LogP contribution in [0, 0.1) is 0 Å². The van der Waals surface area contributed by atoms with E-state index in [0.29, 0.717) is 5.57 Å². The fraction of sp³-hybridized carbons (Fsp3) is 0.625. The van der Waals surface area contributed by atoms with Crippen LogP contribution in [-0.2, 0) is 4.79 Å². The molecular weight excluding hydrogens is 206 g/mol. The second kappa shape index (κ2) is 12.4. The van der Waals surface area contributed by atoms with Crippen LogP contribution in [0.4, 0.5) is 0 Å². The third kappa shape index (κ3) is 13.9. The van der Waals surface area contributed by atoms with Crippen molar-refractivity contribution < 1.29 is 9.90 Å². The topological polar surface area (TPSA) is 111 Å². The normalized spacial score (nSPS) is 9.57. The Morgan fingerprint density at radius 2 is 1.79 bits per heavy atom. The maximum Gasteiger partial charge on any atom is 0.330 e. The number of hydrogen-bond donors (Lipinski definition) is 3. The predicted molar refractivity (Wildman–Crippen MR) is 61.9 cm³/mol. The van der Waals surface area contributed by atoms with Gasteiger partial charge in [0.05, 0.1) is 0 Å². The average molecular weight is 228 g/mol. The van der Waals surface area contributed by atoms with Crippen LogP contribution >= 0.6 is 12.4 Å². The van der Waals surface area contributed by atoms with E-state index in [2.05, 4.69) is 0 Å². The Bertz CT molecular complexity index is 172. The van der Waals surface area contributed by atoms with E-state index in [1.807, 2.05) is 19.0 Å². The number of hydrogen-bond acceptors (Lipinski definition) is 4.